The normalized spacial score (nSPS) is 11.4. The summed E-state index contributed by atoms with van der Waals surface area (Å²) in [4.78, 5) is 12.3. The maximum Gasteiger partial charge on any atom is 0.573 e. The van der Waals surface area contributed by atoms with Crippen LogP contribution in [0.15, 0.2) is 48.7 Å². The van der Waals surface area contributed by atoms with E-state index in [0.717, 1.165) is 17.5 Å². The SMILES string of the molecule is O=C(Nc1ccc(OC(F)(F)F)cc1)c1cccc2cn[nH]c12. The van der Waals surface area contributed by atoms with Gasteiger partial charge in [0.1, 0.15) is 5.75 Å². The number of anilines is 1. The third-order valence-corrected chi connectivity index (χ3v) is 3.07. The first-order valence-corrected chi connectivity index (χ1v) is 6.52. The number of carbonyl (C=O) groups is 1. The third kappa shape index (κ3) is 3.42. The molecule has 0 aliphatic heterocycles. The summed E-state index contributed by atoms with van der Waals surface area (Å²) in [5.74, 6) is -0.754. The number of amides is 1. The van der Waals surface area contributed by atoms with Gasteiger partial charge in [-0.1, -0.05) is 12.1 Å². The molecule has 1 heterocycles. The monoisotopic (exact) mass is 321 g/mol. The average molecular weight is 321 g/mol. The molecular weight excluding hydrogens is 311 g/mol. The van der Waals surface area contributed by atoms with Gasteiger partial charge in [0.05, 0.1) is 17.3 Å². The quantitative estimate of drug-likeness (QED) is 0.773. The highest BCUT2D eigenvalue weighted by molar-refractivity contribution is 6.11. The van der Waals surface area contributed by atoms with Gasteiger partial charge in [-0.3, -0.25) is 9.89 Å². The van der Waals surface area contributed by atoms with Gasteiger partial charge in [-0.25, -0.2) is 0 Å². The van der Waals surface area contributed by atoms with Crippen molar-refractivity contribution in [2.24, 2.45) is 0 Å². The maximum atomic E-state index is 12.3. The Balaban J connectivity index is 1.77. The van der Waals surface area contributed by atoms with Crippen LogP contribution in [0.5, 0.6) is 5.75 Å². The van der Waals surface area contributed by atoms with Crippen molar-refractivity contribution in [2.75, 3.05) is 5.32 Å². The van der Waals surface area contributed by atoms with Gasteiger partial charge in [-0.2, -0.15) is 5.10 Å². The first-order valence-electron chi connectivity index (χ1n) is 6.52. The second-order valence-corrected chi connectivity index (χ2v) is 4.67. The summed E-state index contributed by atoms with van der Waals surface area (Å²) in [6.45, 7) is 0. The molecule has 118 valence electrons. The predicted molar refractivity (Wildman–Crippen MR) is 77.2 cm³/mol. The van der Waals surface area contributed by atoms with Gasteiger partial charge in [-0.15, -0.1) is 13.2 Å². The van der Waals surface area contributed by atoms with Crippen LogP contribution in [0, 0.1) is 0 Å². The number of aromatic nitrogens is 2. The summed E-state index contributed by atoms with van der Waals surface area (Å²) in [6.07, 6.45) is -3.16. The van der Waals surface area contributed by atoms with Crippen LogP contribution in [-0.4, -0.2) is 22.5 Å². The molecule has 0 fully saturated rings. The molecule has 0 saturated carbocycles. The zero-order valence-corrected chi connectivity index (χ0v) is 11.5. The Morgan fingerprint density at radius 3 is 2.57 bits per heavy atom. The van der Waals surface area contributed by atoms with Crippen molar-refractivity contribution in [3.63, 3.8) is 0 Å². The van der Waals surface area contributed by atoms with Crippen molar-refractivity contribution in [3.05, 3.63) is 54.2 Å². The van der Waals surface area contributed by atoms with Gasteiger partial charge in [0, 0.05) is 11.1 Å². The first kappa shape index (κ1) is 14.9. The lowest BCUT2D eigenvalue weighted by molar-refractivity contribution is -0.274. The summed E-state index contributed by atoms with van der Waals surface area (Å²) < 4.78 is 40.0. The Labute approximate surface area is 128 Å². The van der Waals surface area contributed by atoms with Crippen LogP contribution in [0.4, 0.5) is 18.9 Å². The van der Waals surface area contributed by atoms with E-state index < -0.39 is 12.3 Å². The number of aromatic amines is 1. The smallest absolute Gasteiger partial charge is 0.406 e. The number of alkyl halides is 3. The fraction of sp³-hybridized carbons (Fsp3) is 0.0667. The second-order valence-electron chi connectivity index (χ2n) is 4.67. The van der Waals surface area contributed by atoms with Crippen molar-refractivity contribution >= 4 is 22.5 Å². The average Bonchev–Trinajstić information content (AvgIpc) is 2.96. The van der Waals surface area contributed by atoms with Crippen LogP contribution in [0.25, 0.3) is 10.9 Å². The van der Waals surface area contributed by atoms with E-state index in [4.69, 9.17) is 0 Å². The molecule has 0 bridgehead atoms. The van der Waals surface area contributed by atoms with Crippen molar-refractivity contribution in [2.45, 2.75) is 6.36 Å². The van der Waals surface area contributed by atoms with E-state index in [2.05, 4.69) is 20.3 Å². The lowest BCUT2D eigenvalue weighted by atomic mass is 10.1. The van der Waals surface area contributed by atoms with Crippen LogP contribution >= 0.6 is 0 Å². The van der Waals surface area contributed by atoms with Gasteiger partial charge in [0.15, 0.2) is 0 Å². The molecule has 0 radical (unpaired) electrons. The molecule has 0 spiro atoms. The number of benzene rings is 2. The molecule has 1 aromatic heterocycles. The zero-order chi connectivity index (χ0) is 16.4. The molecule has 0 aliphatic rings. The van der Waals surface area contributed by atoms with E-state index in [0.29, 0.717) is 16.8 Å². The lowest BCUT2D eigenvalue weighted by Crippen LogP contribution is -2.17. The zero-order valence-electron chi connectivity index (χ0n) is 11.5. The van der Waals surface area contributed by atoms with Crippen molar-refractivity contribution in [1.29, 1.82) is 0 Å². The van der Waals surface area contributed by atoms with Crippen LogP contribution in [0.1, 0.15) is 10.4 Å². The number of carbonyl (C=O) groups excluding carboxylic acids is 1. The maximum absolute atomic E-state index is 12.3. The fourth-order valence-electron chi connectivity index (χ4n) is 2.10. The number of H-pyrrole nitrogens is 1. The molecule has 0 atom stereocenters. The summed E-state index contributed by atoms with van der Waals surface area (Å²) in [6, 6.07) is 10.0. The number of nitrogens with zero attached hydrogens (tertiary/aromatic N) is 1. The topological polar surface area (TPSA) is 67.0 Å². The molecule has 3 aromatic rings. The number of fused-ring (bicyclic) bond motifs is 1. The van der Waals surface area contributed by atoms with E-state index in [1.165, 1.54) is 12.1 Å². The van der Waals surface area contributed by atoms with Crippen LogP contribution in [0.2, 0.25) is 0 Å². The predicted octanol–water partition coefficient (Wildman–Crippen LogP) is 3.71. The Morgan fingerprint density at radius 1 is 1.13 bits per heavy atom. The fourth-order valence-corrected chi connectivity index (χ4v) is 2.10. The highest BCUT2D eigenvalue weighted by atomic mass is 19.4. The highest BCUT2D eigenvalue weighted by Crippen LogP contribution is 2.24. The van der Waals surface area contributed by atoms with Crippen LogP contribution in [-0.2, 0) is 0 Å². The number of hydrogen-bond donors (Lipinski definition) is 2. The summed E-state index contributed by atoms with van der Waals surface area (Å²) in [7, 11) is 0. The molecule has 0 unspecified atom stereocenters. The van der Waals surface area contributed by atoms with E-state index >= 15 is 0 Å². The van der Waals surface area contributed by atoms with E-state index in [1.54, 1.807) is 24.4 Å². The minimum atomic E-state index is -4.75. The minimum Gasteiger partial charge on any atom is -0.406 e. The Hall–Kier alpha value is -3.03. The van der Waals surface area contributed by atoms with Gasteiger partial charge < -0.3 is 10.1 Å². The molecule has 1 amide bonds. The molecule has 23 heavy (non-hydrogen) atoms. The molecule has 0 aliphatic carbocycles. The van der Waals surface area contributed by atoms with Crippen molar-refractivity contribution < 1.29 is 22.7 Å². The number of para-hydroxylation sites is 1. The second kappa shape index (κ2) is 5.64. The molecule has 5 nitrogen and oxygen atoms in total. The van der Waals surface area contributed by atoms with Crippen molar-refractivity contribution in [3.8, 4) is 5.75 Å². The molecule has 3 rings (SSSR count). The van der Waals surface area contributed by atoms with E-state index in [-0.39, 0.29) is 5.75 Å². The number of hydrogen-bond acceptors (Lipinski definition) is 3. The Morgan fingerprint density at radius 2 is 1.87 bits per heavy atom. The van der Waals surface area contributed by atoms with Gasteiger partial charge in [0.2, 0.25) is 0 Å². The van der Waals surface area contributed by atoms with Crippen LogP contribution < -0.4 is 10.1 Å². The Kier molecular flexibility index (Phi) is 3.65. The Bertz CT molecular complexity index is 841. The standard InChI is InChI=1S/C15H10F3N3O2/c16-15(17,18)23-11-6-4-10(5-7-11)20-14(22)12-3-1-2-9-8-19-21-13(9)12/h1-8H,(H,19,21)(H,20,22). The molecule has 2 aromatic carbocycles. The van der Waals surface area contributed by atoms with Crippen molar-refractivity contribution in [1.82, 2.24) is 10.2 Å². The highest BCUT2D eigenvalue weighted by Gasteiger charge is 2.30. The van der Waals surface area contributed by atoms with Gasteiger partial charge >= 0.3 is 6.36 Å². The molecule has 8 heteroatoms. The number of rotatable bonds is 3. The molecule has 0 saturated heterocycles. The third-order valence-electron chi connectivity index (χ3n) is 3.07. The number of ether oxygens (including phenoxy) is 1. The minimum absolute atomic E-state index is 0.348. The molecule has 2 N–H and O–H groups in total. The van der Waals surface area contributed by atoms with Gasteiger partial charge in [0.25, 0.3) is 5.91 Å². The lowest BCUT2D eigenvalue weighted by Gasteiger charge is -2.10. The summed E-state index contributed by atoms with van der Waals surface area (Å²) in [5.41, 5.74) is 1.32. The summed E-state index contributed by atoms with van der Waals surface area (Å²) in [5, 5.41) is 9.99. The number of halogens is 3. The van der Waals surface area contributed by atoms with Gasteiger partial charge in [-0.05, 0) is 30.3 Å². The van der Waals surface area contributed by atoms with Crippen LogP contribution in [0.3, 0.4) is 0 Å². The number of nitrogens with one attached hydrogen (secondary N) is 2. The molecular formula is C15H10F3N3O2. The largest absolute Gasteiger partial charge is 0.573 e. The first-order chi connectivity index (χ1) is 10.9. The van der Waals surface area contributed by atoms with E-state index in [9.17, 15) is 18.0 Å². The van der Waals surface area contributed by atoms with E-state index in [1.807, 2.05) is 0 Å². The summed E-state index contributed by atoms with van der Waals surface area (Å²) >= 11 is 0.